The molecule has 1 rings (SSSR count). The second-order valence-electron chi connectivity index (χ2n) is 9.55. The topological polar surface area (TPSA) is 98.7 Å². The molecule has 3 N–H and O–H groups in total. The van der Waals surface area contributed by atoms with E-state index in [1.165, 1.54) is 38.2 Å². The van der Waals surface area contributed by atoms with Gasteiger partial charge in [0.2, 0.25) is 12.3 Å². The Morgan fingerprint density at radius 1 is 1.11 bits per heavy atom. The summed E-state index contributed by atoms with van der Waals surface area (Å²) in [6.07, 6.45) is 3.38. The molecule has 214 valence electrons. The van der Waals surface area contributed by atoms with E-state index in [9.17, 15) is 18.8 Å². The number of carboxylic acids is 1. The molecule has 0 aliphatic carbocycles. The number of carboxylic acid groups (broad SMARTS) is 1. The zero-order chi connectivity index (χ0) is 29.8. The number of hydrogen-bond acceptors (Lipinski definition) is 4. The van der Waals surface area contributed by atoms with Crippen LogP contribution in [0.1, 0.15) is 81.2 Å². The summed E-state index contributed by atoms with van der Waals surface area (Å²) in [4.78, 5) is 34.1. The number of nitrogens with one attached hydrogen (secondary N) is 2. The van der Waals surface area contributed by atoms with Crippen LogP contribution in [0.5, 0.6) is 0 Å². The first-order chi connectivity index (χ1) is 17.1. The molecule has 37 heavy (non-hydrogen) atoms. The molecule has 1 aromatic rings. The summed E-state index contributed by atoms with van der Waals surface area (Å²) >= 11 is 0. The molecule has 0 heterocycles. The summed E-state index contributed by atoms with van der Waals surface area (Å²) in [5, 5.41) is 14.2. The van der Waals surface area contributed by atoms with Crippen LogP contribution in [0.4, 0.5) is 4.39 Å². The van der Waals surface area contributed by atoms with Gasteiger partial charge in [-0.1, -0.05) is 84.4 Å². The molecule has 0 spiro atoms. The lowest BCUT2D eigenvalue weighted by Crippen LogP contribution is -2.57. The first kappa shape index (κ1) is 38.8. The van der Waals surface area contributed by atoms with Gasteiger partial charge in [-0.2, -0.15) is 0 Å². The van der Waals surface area contributed by atoms with Crippen LogP contribution in [0, 0.1) is 0 Å². The normalized spacial score (nSPS) is 12.6. The smallest absolute Gasteiger partial charge is 0.331 e. The fourth-order valence-electron chi connectivity index (χ4n) is 2.73. The van der Waals surface area contributed by atoms with Gasteiger partial charge in [-0.25, -0.2) is 9.18 Å². The molecule has 7 nitrogen and oxygen atoms in total. The third-order valence-electron chi connectivity index (χ3n) is 5.38. The highest BCUT2D eigenvalue weighted by atomic mass is 19.1. The minimum atomic E-state index is -1.45. The van der Waals surface area contributed by atoms with E-state index in [1.807, 2.05) is 58.0 Å². The van der Waals surface area contributed by atoms with E-state index in [0.717, 1.165) is 5.56 Å². The Hall–Kier alpha value is -2.74. The Labute approximate surface area is 224 Å². The minimum Gasteiger partial charge on any atom is -0.478 e. The quantitative estimate of drug-likeness (QED) is 0.282. The molecule has 1 aromatic carbocycles. The van der Waals surface area contributed by atoms with Crippen LogP contribution in [0.3, 0.4) is 0 Å². The summed E-state index contributed by atoms with van der Waals surface area (Å²) in [6, 6.07) is 8.86. The van der Waals surface area contributed by atoms with Crippen LogP contribution in [-0.2, 0) is 19.8 Å². The highest BCUT2D eigenvalue weighted by Gasteiger charge is 2.37. The van der Waals surface area contributed by atoms with Crippen molar-refractivity contribution in [2.45, 2.75) is 98.8 Å². The predicted octanol–water partition coefficient (Wildman–Crippen LogP) is 5.35. The van der Waals surface area contributed by atoms with Gasteiger partial charge in [0.1, 0.15) is 5.67 Å². The van der Waals surface area contributed by atoms with Gasteiger partial charge < -0.3 is 20.6 Å². The van der Waals surface area contributed by atoms with Crippen molar-refractivity contribution < 1.29 is 23.9 Å². The van der Waals surface area contributed by atoms with E-state index in [1.54, 1.807) is 21.0 Å². The Morgan fingerprint density at radius 2 is 1.57 bits per heavy atom. The van der Waals surface area contributed by atoms with E-state index >= 15 is 0 Å². The number of hydrogen-bond donors (Lipinski definition) is 3. The molecule has 0 saturated heterocycles. The number of alkyl halides is 1. The molecule has 0 aliphatic heterocycles. The highest BCUT2D eigenvalue weighted by Crippen LogP contribution is 2.27. The van der Waals surface area contributed by atoms with Crippen molar-refractivity contribution in [1.82, 2.24) is 15.5 Å². The number of likely N-dealkylation sites (N-methyl/N-ethyl adjacent to an activating group) is 2. The molecular formula is C29H52FN3O4. The number of aliphatic carboxylic acids is 1. The van der Waals surface area contributed by atoms with Gasteiger partial charge in [-0.05, 0) is 40.3 Å². The van der Waals surface area contributed by atoms with Crippen LogP contribution in [0.15, 0.2) is 42.0 Å². The standard InChI is InChI=1S/C17H27FN2O.C7H11NO3.C3H8.C2H6/c1-12(17(4,5)18)20-15(21)14(19-6)16(2,3)13-10-8-7-9-11-13;1-6(7(10)11)3-4-8(2)5-9;1-3-2;1-2/h7-12,14,19H,1-6H3,(H,20,21);3,5H,4H2,1-2H3,(H,10,11);3H2,1-2H3;1-2H3/b;6-3+;;/t12?,14-;;;/m1.../s1. The van der Waals surface area contributed by atoms with Crippen molar-refractivity contribution in [3.05, 3.63) is 47.5 Å². The number of carbonyl (C=O) groups is 3. The van der Waals surface area contributed by atoms with Crippen LogP contribution >= 0.6 is 0 Å². The number of halogens is 1. The number of amides is 2. The summed E-state index contributed by atoms with van der Waals surface area (Å²) in [5.74, 6) is -1.14. The molecule has 0 radical (unpaired) electrons. The number of carbonyl (C=O) groups excluding carboxylic acids is 2. The lowest BCUT2D eigenvalue weighted by atomic mass is 9.77. The number of rotatable bonds is 10. The second kappa shape index (κ2) is 20.3. The first-order valence-corrected chi connectivity index (χ1v) is 12.9. The third kappa shape index (κ3) is 16.6. The van der Waals surface area contributed by atoms with E-state index in [0.29, 0.717) is 13.0 Å². The Morgan fingerprint density at radius 3 is 1.92 bits per heavy atom. The highest BCUT2D eigenvalue weighted by molar-refractivity contribution is 5.85. The maximum atomic E-state index is 13.9. The van der Waals surface area contributed by atoms with E-state index in [-0.39, 0.29) is 11.5 Å². The predicted molar refractivity (Wildman–Crippen MR) is 153 cm³/mol. The summed E-state index contributed by atoms with van der Waals surface area (Å²) in [5.41, 5.74) is -0.546. The molecule has 0 aliphatic rings. The van der Waals surface area contributed by atoms with E-state index in [2.05, 4.69) is 24.5 Å². The van der Waals surface area contributed by atoms with Crippen LogP contribution in [-0.4, -0.2) is 66.7 Å². The fourth-order valence-corrected chi connectivity index (χ4v) is 2.73. The molecule has 2 amide bonds. The van der Waals surface area contributed by atoms with Gasteiger partial charge in [-0.3, -0.25) is 9.59 Å². The van der Waals surface area contributed by atoms with Crippen LogP contribution in [0.2, 0.25) is 0 Å². The van der Waals surface area contributed by atoms with Crippen molar-refractivity contribution in [2.75, 3.05) is 20.6 Å². The van der Waals surface area contributed by atoms with Gasteiger partial charge in [0.25, 0.3) is 0 Å². The molecule has 0 bridgehead atoms. The summed E-state index contributed by atoms with van der Waals surface area (Å²) in [7, 11) is 3.33. The van der Waals surface area contributed by atoms with Gasteiger partial charge in [0, 0.05) is 24.6 Å². The molecule has 0 fully saturated rings. The van der Waals surface area contributed by atoms with Crippen LogP contribution < -0.4 is 10.6 Å². The lowest BCUT2D eigenvalue weighted by Gasteiger charge is -2.35. The van der Waals surface area contributed by atoms with Crippen LogP contribution in [0.25, 0.3) is 0 Å². The minimum absolute atomic E-state index is 0.190. The fraction of sp³-hybridized carbons (Fsp3) is 0.621. The van der Waals surface area contributed by atoms with Gasteiger partial charge >= 0.3 is 5.97 Å². The summed E-state index contributed by atoms with van der Waals surface area (Å²) < 4.78 is 13.9. The second-order valence-corrected chi connectivity index (χ2v) is 9.55. The SMILES string of the molecule is C/C(=C\CN(C)C=O)C(=O)O.CC.CCC.CN[C@H](C(=O)NC(C)C(C)(C)F)C(C)(C)c1ccccc1. The first-order valence-electron chi connectivity index (χ1n) is 12.9. The zero-order valence-corrected chi connectivity index (χ0v) is 25.1. The molecule has 8 heteroatoms. The average Bonchev–Trinajstić information content (AvgIpc) is 2.84. The Kier molecular flexibility index (Phi) is 21.3. The van der Waals surface area contributed by atoms with Crippen molar-refractivity contribution in [3.8, 4) is 0 Å². The maximum absolute atomic E-state index is 13.9. The number of nitrogens with zero attached hydrogens (tertiary/aromatic N) is 1. The van der Waals surface area contributed by atoms with Gasteiger partial charge in [-0.15, -0.1) is 0 Å². The van der Waals surface area contributed by atoms with E-state index in [4.69, 9.17) is 5.11 Å². The monoisotopic (exact) mass is 525 g/mol. The van der Waals surface area contributed by atoms with Gasteiger partial charge in [0.05, 0.1) is 12.1 Å². The number of benzene rings is 1. The molecule has 1 unspecified atom stereocenters. The van der Waals surface area contributed by atoms with Crippen molar-refractivity contribution >= 4 is 18.3 Å². The lowest BCUT2D eigenvalue weighted by molar-refractivity contribution is -0.132. The molecule has 2 atom stereocenters. The Bertz CT molecular complexity index is 790. The van der Waals surface area contributed by atoms with Crippen molar-refractivity contribution in [2.24, 2.45) is 0 Å². The maximum Gasteiger partial charge on any atom is 0.331 e. The molecular weight excluding hydrogens is 473 g/mol. The molecule has 0 saturated carbocycles. The Balaban J connectivity index is -0.000000607. The van der Waals surface area contributed by atoms with Gasteiger partial charge in [0.15, 0.2) is 0 Å². The largest absolute Gasteiger partial charge is 0.478 e. The molecule has 0 aromatic heterocycles. The average molecular weight is 526 g/mol. The van der Waals surface area contributed by atoms with Crippen molar-refractivity contribution in [3.63, 3.8) is 0 Å². The zero-order valence-electron chi connectivity index (χ0n) is 25.1. The summed E-state index contributed by atoms with van der Waals surface area (Å²) in [6.45, 7) is 18.7. The van der Waals surface area contributed by atoms with Crippen molar-refractivity contribution in [1.29, 1.82) is 0 Å². The van der Waals surface area contributed by atoms with E-state index < -0.39 is 29.1 Å². The third-order valence-corrected chi connectivity index (χ3v) is 5.38.